The first kappa shape index (κ1) is 16.6. The normalized spacial score (nSPS) is 9.81. The Morgan fingerprint density at radius 3 is 2.52 bits per heavy atom. The van der Waals surface area contributed by atoms with Crippen LogP contribution >= 0.6 is 0 Å². The van der Waals surface area contributed by atoms with Crippen molar-refractivity contribution in [3.63, 3.8) is 0 Å². The van der Waals surface area contributed by atoms with Crippen molar-refractivity contribution in [2.75, 3.05) is 32.2 Å². The number of nitrogens with one attached hydrogen (secondary N) is 2. The standard InChI is InChI=1S/C14H18N2O5/c1-3-21-14(19)10-6-4-5-7-11(10)16-13(18)12(17)15-8-9-20-2/h4-7H,3,8-9H2,1-2H3,(H,15,17)(H,16,18). The van der Waals surface area contributed by atoms with Crippen molar-refractivity contribution in [3.8, 4) is 0 Å². The van der Waals surface area contributed by atoms with Crippen LogP contribution in [-0.4, -0.2) is 44.7 Å². The first-order valence-corrected chi connectivity index (χ1v) is 6.44. The fourth-order valence-corrected chi connectivity index (χ4v) is 1.50. The van der Waals surface area contributed by atoms with Crippen LogP contribution in [0.3, 0.4) is 0 Å². The summed E-state index contributed by atoms with van der Waals surface area (Å²) in [6.07, 6.45) is 0. The van der Waals surface area contributed by atoms with Gasteiger partial charge < -0.3 is 20.1 Å². The second kappa shape index (κ2) is 8.70. The zero-order valence-corrected chi connectivity index (χ0v) is 12.0. The van der Waals surface area contributed by atoms with E-state index < -0.39 is 17.8 Å². The molecule has 0 heterocycles. The molecule has 21 heavy (non-hydrogen) atoms. The maximum atomic E-state index is 11.7. The number of carbonyl (C=O) groups is 3. The molecule has 2 N–H and O–H groups in total. The molecule has 0 radical (unpaired) electrons. The lowest BCUT2D eigenvalue weighted by Crippen LogP contribution is -2.37. The molecule has 0 spiro atoms. The van der Waals surface area contributed by atoms with Gasteiger partial charge in [0.05, 0.1) is 24.5 Å². The van der Waals surface area contributed by atoms with Crippen LogP contribution in [0, 0.1) is 0 Å². The number of carbonyl (C=O) groups excluding carboxylic acids is 3. The Kier molecular flexibility index (Phi) is 6.90. The van der Waals surface area contributed by atoms with E-state index in [1.165, 1.54) is 19.2 Å². The SMILES string of the molecule is CCOC(=O)c1ccccc1NC(=O)C(=O)NCCOC. The van der Waals surface area contributed by atoms with E-state index in [4.69, 9.17) is 9.47 Å². The third kappa shape index (κ3) is 5.23. The number of amides is 2. The van der Waals surface area contributed by atoms with Crippen molar-refractivity contribution in [3.05, 3.63) is 29.8 Å². The zero-order chi connectivity index (χ0) is 15.7. The van der Waals surface area contributed by atoms with E-state index in [0.29, 0.717) is 6.61 Å². The van der Waals surface area contributed by atoms with Gasteiger partial charge in [0.15, 0.2) is 0 Å². The van der Waals surface area contributed by atoms with Crippen LogP contribution < -0.4 is 10.6 Å². The van der Waals surface area contributed by atoms with Crippen molar-refractivity contribution in [1.82, 2.24) is 5.32 Å². The summed E-state index contributed by atoms with van der Waals surface area (Å²) in [7, 11) is 1.49. The van der Waals surface area contributed by atoms with E-state index >= 15 is 0 Å². The summed E-state index contributed by atoms with van der Waals surface area (Å²) in [6, 6.07) is 6.31. The Morgan fingerprint density at radius 2 is 1.86 bits per heavy atom. The first-order chi connectivity index (χ1) is 10.1. The Morgan fingerprint density at radius 1 is 1.14 bits per heavy atom. The van der Waals surface area contributed by atoms with E-state index in [2.05, 4.69) is 10.6 Å². The number of para-hydroxylation sites is 1. The molecule has 0 saturated heterocycles. The summed E-state index contributed by atoms with van der Waals surface area (Å²) in [6.45, 7) is 2.43. The molecule has 0 fully saturated rings. The third-order valence-electron chi connectivity index (χ3n) is 2.47. The van der Waals surface area contributed by atoms with E-state index in [0.717, 1.165) is 0 Å². The summed E-state index contributed by atoms with van der Waals surface area (Å²) in [4.78, 5) is 35.0. The lowest BCUT2D eigenvalue weighted by Gasteiger charge is -2.10. The summed E-state index contributed by atoms with van der Waals surface area (Å²) in [5, 5.41) is 4.77. The molecule has 0 aliphatic rings. The average molecular weight is 294 g/mol. The topological polar surface area (TPSA) is 93.7 Å². The fraction of sp³-hybridized carbons (Fsp3) is 0.357. The molecule has 7 nitrogen and oxygen atoms in total. The van der Waals surface area contributed by atoms with Gasteiger partial charge in [0.2, 0.25) is 0 Å². The van der Waals surface area contributed by atoms with Crippen LogP contribution in [0.2, 0.25) is 0 Å². The zero-order valence-electron chi connectivity index (χ0n) is 12.0. The van der Waals surface area contributed by atoms with Gasteiger partial charge in [-0.1, -0.05) is 12.1 Å². The van der Waals surface area contributed by atoms with Crippen molar-refractivity contribution < 1.29 is 23.9 Å². The molecule has 1 rings (SSSR count). The molecule has 1 aromatic carbocycles. The number of esters is 1. The van der Waals surface area contributed by atoms with Crippen LogP contribution in [0.4, 0.5) is 5.69 Å². The minimum atomic E-state index is -0.858. The molecule has 2 amide bonds. The van der Waals surface area contributed by atoms with Crippen LogP contribution in [0.1, 0.15) is 17.3 Å². The third-order valence-corrected chi connectivity index (χ3v) is 2.47. The molecule has 7 heteroatoms. The molecule has 0 aliphatic carbocycles. The lowest BCUT2D eigenvalue weighted by atomic mass is 10.2. The van der Waals surface area contributed by atoms with Crippen LogP contribution in [-0.2, 0) is 19.1 Å². The highest BCUT2D eigenvalue weighted by Crippen LogP contribution is 2.16. The highest BCUT2D eigenvalue weighted by molar-refractivity contribution is 6.40. The summed E-state index contributed by atoms with van der Waals surface area (Å²) < 4.78 is 9.64. The van der Waals surface area contributed by atoms with Gasteiger partial charge in [0.25, 0.3) is 0 Å². The summed E-state index contributed by atoms with van der Waals surface area (Å²) in [5.41, 5.74) is 0.417. The molecular formula is C14H18N2O5. The maximum Gasteiger partial charge on any atom is 0.340 e. The van der Waals surface area contributed by atoms with Crippen LogP contribution in [0.15, 0.2) is 24.3 Å². The number of methoxy groups -OCH3 is 1. The number of hydrogen-bond acceptors (Lipinski definition) is 5. The predicted molar refractivity (Wildman–Crippen MR) is 75.9 cm³/mol. The van der Waals surface area contributed by atoms with Crippen molar-refractivity contribution in [2.24, 2.45) is 0 Å². The van der Waals surface area contributed by atoms with Gasteiger partial charge in [-0.25, -0.2) is 4.79 Å². The Hall–Kier alpha value is -2.41. The molecule has 0 saturated carbocycles. The van der Waals surface area contributed by atoms with E-state index in [1.807, 2.05) is 0 Å². The lowest BCUT2D eigenvalue weighted by molar-refractivity contribution is -0.136. The quantitative estimate of drug-likeness (QED) is 0.454. The number of benzene rings is 1. The average Bonchev–Trinajstić information content (AvgIpc) is 2.48. The number of hydrogen-bond donors (Lipinski definition) is 2. The number of ether oxygens (including phenoxy) is 2. The largest absolute Gasteiger partial charge is 0.462 e. The van der Waals surface area contributed by atoms with Gasteiger partial charge in [0.1, 0.15) is 0 Å². The molecule has 0 aliphatic heterocycles. The van der Waals surface area contributed by atoms with Crippen molar-refractivity contribution in [1.29, 1.82) is 0 Å². The van der Waals surface area contributed by atoms with Crippen molar-refractivity contribution in [2.45, 2.75) is 6.92 Å². The Bertz CT molecular complexity index is 516. The molecule has 114 valence electrons. The maximum absolute atomic E-state index is 11.7. The summed E-state index contributed by atoms with van der Waals surface area (Å²) in [5.74, 6) is -2.22. The minimum absolute atomic E-state index is 0.192. The van der Waals surface area contributed by atoms with Crippen LogP contribution in [0.25, 0.3) is 0 Å². The second-order valence-corrected chi connectivity index (χ2v) is 3.97. The predicted octanol–water partition coefficient (Wildman–Crippen LogP) is 0.564. The van der Waals surface area contributed by atoms with Crippen LogP contribution in [0.5, 0.6) is 0 Å². The Labute approximate surface area is 122 Å². The van der Waals surface area contributed by atoms with Gasteiger partial charge in [-0.15, -0.1) is 0 Å². The van der Waals surface area contributed by atoms with E-state index in [9.17, 15) is 14.4 Å². The molecule has 0 atom stereocenters. The Balaban J connectivity index is 2.72. The smallest absolute Gasteiger partial charge is 0.340 e. The van der Waals surface area contributed by atoms with Gasteiger partial charge in [-0.2, -0.15) is 0 Å². The highest BCUT2D eigenvalue weighted by atomic mass is 16.5. The minimum Gasteiger partial charge on any atom is -0.462 e. The number of anilines is 1. The monoisotopic (exact) mass is 294 g/mol. The van der Waals surface area contributed by atoms with E-state index in [-0.39, 0.29) is 24.4 Å². The highest BCUT2D eigenvalue weighted by Gasteiger charge is 2.17. The van der Waals surface area contributed by atoms with Gasteiger partial charge in [0, 0.05) is 13.7 Å². The molecule has 0 aromatic heterocycles. The van der Waals surface area contributed by atoms with Crippen molar-refractivity contribution >= 4 is 23.5 Å². The molecule has 1 aromatic rings. The van der Waals surface area contributed by atoms with E-state index in [1.54, 1.807) is 19.1 Å². The van der Waals surface area contributed by atoms with Gasteiger partial charge >= 0.3 is 17.8 Å². The van der Waals surface area contributed by atoms with Gasteiger partial charge in [-0.05, 0) is 19.1 Å². The first-order valence-electron chi connectivity index (χ1n) is 6.44. The summed E-state index contributed by atoms with van der Waals surface area (Å²) >= 11 is 0. The fourth-order valence-electron chi connectivity index (χ4n) is 1.50. The molecular weight excluding hydrogens is 276 g/mol. The second-order valence-electron chi connectivity index (χ2n) is 3.97. The number of rotatable bonds is 6. The molecule has 0 bridgehead atoms. The molecule has 0 unspecified atom stereocenters. The van der Waals surface area contributed by atoms with Gasteiger partial charge in [-0.3, -0.25) is 9.59 Å².